The number of hydrogen-bond acceptors (Lipinski definition) is 4. The summed E-state index contributed by atoms with van der Waals surface area (Å²) in [5, 5.41) is 3.02. The zero-order valence-electron chi connectivity index (χ0n) is 16.8. The van der Waals surface area contributed by atoms with E-state index in [-0.39, 0.29) is 6.03 Å². The second-order valence-electron chi connectivity index (χ2n) is 7.23. The van der Waals surface area contributed by atoms with E-state index in [1.54, 1.807) is 0 Å². The normalized spacial score (nSPS) is 14.5. The van der Waals surface area contributed by atoms with Crippen LogP contribution in [0.4, 0.5) is 16.2 Å². The molecule has 1 aliphatic rings. The third kappa shape index (κ3) is 5.97. The van der Waals surface area contributed by atoms with Gasteiger partial charge in [-0.15, -0.1) is 0 Å². The quantitative estimate of drug-likeness (QED) is 0.799. The number of morpholine rings is 1. The molecule has 2 aromatic carbocycles. The highest BCUT2D eigenvalue weighted by Crippen LogP contribution is 2.15. The van der Waals surface area contributed by atoms with Gasteiger partial charge in [-0.3, -0.25) is 4.90 Å². The maximum absolute atomic E-state index is 12.9. The van der Waals surface area contributed by atoms with Crippen molar-refractivity contribution in [3.05, 3.63) is 60.2 Å². The van der Waals surface area contributed by atoms with Gasteiger partial charge in [0.2, 0.25) is 0 Å². The molecule has 0 unspecified atom stereocenters. The number of benzene rings is 2. The zero-order chi connectivity index (χ0) is 19.8. The van der Waals surface area contributed by atoms with E-state index in [0.717, 1.165) is 49.8 Å². The molecule has 1 aliphatic heterocycles. The fourth-order valence-electron chi connectivity index (χ4n) is 3.18. The number of nitrogens with zero attached hydrogens (tertiary/aromatic N) is 3. The Bertz CT molecular complexity index is 728. The summed E-state index contributed by atoms with van der Waals surface area (Å²) in [7, 11) is 4.05. The summed E-state index contributed by atoms with van der Waals surface area (Å²) in [6, 6.07) is 17.9. The van der Waals surface area contributed by atoms with Crippen LogP contribution >= 0.6 is 0 Å². The van der Waals surface area contributed by atoms with Crippen molar-refractivity contribution in [2.75, 3.05) is 63.7 Å². The topological polar surface area (TPSA) is 48.1 Å². The van der Waals surface area contributed by atoms with Crippen LogP contribution in [0.3, 0.4) is 0 Å². The minimum atomic E-state index is -0.0730. The van der Waals surface area contributed by atoms with Crippen molar-refractivity contribution in [1.82, 2.24) is 9.80 Å². The Labute approximate surface area is 167 Å². The average molecular weight is 383 g/mol. The fraction of sp³-hybridized carbons (Fsp3) is 0.409. The molecule has 1 fully saturated rings. The molecule has 0 radical (unpaired) electrons. The highest BCUT2D eigenvalue weighted by atomic mass is 16.5. The number of hydrogen-bond donors (Lipinski definition) is 1. The van der Waals surface area contributed by atoms with Gasteiger partial charge in [0, 0.05) is 58.2 Å². The number of carbonyl (C=O) groups excluding carboxylic acids is 1. The third-order valence-electron chi connectivity index (χ3n) is 4.93. The highest BCUT2D eigenvalue weighted by molar-refractivity contribution is 5.89. The minimum absolute atomic E-state index is 0.0730. The minimum Gasteiger partial charge on any atom is -0.379 e. The first-order chi connectivity index (χ1) is 13.6. The standard InChI is InChI=1S/C22H30N4O2/c1-24(2)21-10-8-19(9-11-21)18-26(13-12-25-14-16-28-17-15-25)22(27)23-20-6-4-3-5-7-20/h3-11H,12-18H2,1-2H3,(H,23,27). The smallest absolute Gasteiger partial charge is 0.322 e. The summed E-state index contributed by atoms with van der Waals surface area (Å²) in [6.07, 6.45) is 0. The maximum Gasteiger partial charge on any atom is 0.322 e. The van der Waals surface area contributed by atoms with Gasteiger partial charge in [-0.25, -0.2) is 4.79 Å². The molecule has 3 rings (SSSR count). The van der Waals surface area contributed by atoms with E-state index in [2.05, 4.69) is 39.4 Å². The van der Waals surface area contributed by atoms with Gasteiger partial charge in [0.1, 0.15) is 0 Å². The lowest BCUT2D eigenvalue weighted by molar-refractivity contribution is 0.0349. The summed E-state index contributed by atoms with van der Waals surface area (Å²) >= 11 is 0. The van der Waals surface area contributed by atoms with Crippen molar-refractivity contribution in [3.63, 3.8) is 0 Å². The number of anilines is 2. The first-order valence-corrected chi connectivity index (χ1v) is 9.79. The van der Waals surface area contributed by atoms with Crippen LogP contribution in [0.2, 0.25) is 0 Å². The molecule has 0 atom stereocenters. The first-order valence-electron chi connectivity index (χ1n) is 9.79. The van der Waals surface area contributed by atoms with Crippen LogP contribution in [0.1, 0.15) is 5.56 Å². The van der Waals surface area contributed by atoms with Gasteiger partial charge in [0.05, 0.1) is 13.2 Å². The van der Waals surface area contributed by atoms with Crippen LogP contribution in [0.15, 0.2) is 54.6 Å². The molecule has 0 bridgehead atoms. The second kappa shape index (κ2) is 10.1. The van der Waals surface area contributed by atoms with Crippen LogP contribution in [0.5, 0.6) is 0 Å². The SMILES string of the molecule is CN(C)c1ccc(CN(CCN2CCOCC2)C(=O)Nc2ccccc2)cc1. The third-order valence-corrected chi connectivity index (χ3v) is 4.93. The summed E-state index contributed by atoms with van der Waals surface area (Å²) in [5.41, 5.74) is 3.08. The summed E-state index contributed by atoms with van der Waals surface area (Å²) < 4.78 is 5.42. The Morgan fingerprint density at radius 2 is 1.71 bits per heavy atom. The number of urea groups is 1. The van der Waals surface area contributed by atoms with Gasteiger partial charge < -0.3 is 19.9 Å². The second-order valence-corrected chi connectivity index (χ2v) is 7.23. The molecule has 1 heterocycles. The maximum atomic E-state index is 12.9. The lowest BCUT2D eigenvalue weighted by Crippen LogP contribution is -2.44. The molecule has 6 nitrogen and oxygen atoms in total. The van der Waals surface area contributed by atoms with Gasteiger partial charge in [0.15, 0.2) is 0 Å². The van der Waals surface area contributed by atoms with E-state index in [1.165, 1.54) is 0 Å². The number of nitrogens with one attached hydrogen (secondary N) is 1. The zero-order valence-corrected chi connectivity index (χ0v) is 16.8. The monoisotopic (exact) mass is 382 g/mol. The lowest BCUT2D eigenvalue weighted by Gasteiger charge is -2.30. The average Bonchev–Trinajstić information content (AvgIpc) is 2.73. The Balaban J connectivity index is 1.66. The van der Waals surface area contributed by atoms with Gasteiger partial charge >= 0.3 is 6.03 Å². The van der Waals surface area contributed by atoms with Gasteiger partial charge in [-0.05, 0) is 29.8 Å². The van der Waals surface area contributed by atoms with Crippen LogP contribution < -0.4 is 10.2 Å². The highest BCUT2D eigenvalue weighted by Gasteiger charge is 2.17. The molecule has 2 amide bonds. The summed E-state index contributed by atoms with van der Waals surface area (Å²) in [6.45, 7) is 5.48. The number of rotatable bonds is 7. The molecule has 0 aromatic heterocycles. The van der Waals surface area contributed by atoms with Crippen molar-refractivity contribution < 1.29 is 9.53 Å². The Hall–Kier alpha value is -2.57. The molecular formula is C22H30N4O2. The van der Waals surface area contributed by atoms with Gasteiger partial charge in [-0.1, -0.05) is 30.3 Å². The van der Waals surface area contributed by atoms with Gasteiger partial charge in [-0.2, -0.15) is 0 Å². The van der Waals surface area contributed by atoms with E-state index >= 15 is 0 Å². The van der Waals surface area contributed by atoms with E-state index in [1.807, 2.05) is 49.3 Å². The van der Waals surface area contributed by atoms with Crippen molar-refractivity contribution >= 4 is 17.4 Å². The molecular weight excluding hydrogens is 352 g/mol. The summed E-state index contributed by atoms with van der Waals surface area (Å²) in [5.74, 6) is 0. The Morgan fingerprint density at radius 1 is 1.04 bits per heavy atom. The molecule has 1 saturated heterocycles. The molecule has 6 heteroatoms. The molecule has 0 spiro atoms. The van der Waals surface area contributed by atoms with E-state index in [0.29, 0.717) is 13.1 Å². The fourth-order valence-corrected chi connectivity index (χ4v) is 3.18. The van der Waals surface area contributed by atoms with E-state index in [9.17, 15) is 4.79 Å². The molecule has 0 aliphatic carbocycles. The Kier molecular flexibility index (Phi) is 7.28. The largest absolute Gasteiger partial charge is 0.379 e. The number of para-hydroxylation sites is 1. The van der Waals surface area contributed by atoms with E-state index < -0.39 is 0 Å². The summed E-state index contributed by atoms with van der Waals surface area (Å²) in [4.78, 5) is 19.2. The number of amides is 2. The predicted molar refractivity (Wildman–Crippen MR) is 114 cm³/mol. The van der Waals surface area contributed by atoms with Gasteiger partial charge in [0.25, 0.3) is 0 Å². The molecule has 2 aromatic rings. The van der Waals surface area contributed by atoms with E-state index in [4.69, 9.17) is 4.74 Å². The van der Waals surface area contributed by atoms with Crippen molar-refractivity contribution in [2.24, 2.45) is 0 Å². The van der Waals surface area contributed by atoms with Crippen LogP contribution in [-0.4, -0.2) is 69.3 Å². The van der Waals surface area contributed by atoms with Crippen LogP contribution in [0.25, 0.3) is 0 Å². The predicted octanol–water partition coefficient (Wildman–Crippen LogP) is 3.12. The number of ether oxygens (including phenoxy) is 1. The first kappa shape index (κ1) is 20.2. The van der Waals surface area contributed by atoms with Crippen molar-refractivity contribution in [2.45, 2.75) is 6.54 Å². The van der Waals surface area contributed by atoms with Crippen LogP contribution in [0, 0.1) is 0 Å². The van der Waals surface area contributed by atoms with Crippen LogP contribution in [-0.2, 0) is 11.3 Å². The lowest BCUT2D eigenvalue weighted by atomic mass is 10.2. The molecule has 1 N–H and O–H groups in total. The molecule has 150 valence electrons. The Morgan fingerprint density at radius 3 is 2.36 bits per heavy atom. The molecule has 0 saturated carbocycles. The molecule has 28 heavy (non-hydrogen) atoms. The number of carbonyl (C=O) groups is 1. The van der Waals surface area contributed by atoms with Crippen molar-refractivity contribution in [1.29, 1.82) is 0 Å². The van der Waals surface area contributed by atoms with Crippen molar-refractivity contribution in [3.8, 4) is 0 Å².